The molecule has 1 spiro atoms. The number of rotatable bonds is 7. The summed E-state index contributed by atoms with van der Waals surface area (Å²) in [5.41, 5.74) is 19.1. The van der Waals surface area contributed by atoms with Gasteiger partial charge >= 0.3 is 21.1 Å². The van der Waals surface area contributed by atoms with Crippen molar-refractivity contribution in [2.24, 2.45) is 5.41 Å². The molecule has 6 aromatic carbocycles. The first-order chi connectivity index (χ1) is 27.4. The van der Waals surface area contributed by atoms with E-state index >= 15 is 0 Å². The second kappa shape index (κ2) is 15.2. The third-order valence-electron chi connectivity index (χ3n) is 11.6. The van der Waals surface area contributed by atoms with Gasteiger partial charge in [-0.3, -0.25) is 9.97 Å². The van der Waals surface area contributed by atoms with E-state index in [1.807, 2.05) is 54.6 Å². The van der Waals surface area contributed by atoms with E-state index in [1.54, 1.807) is 0 Å². The Morgan fingerprint density at radius 1 is 0.456 bits per heavy atom. The molecule has 3 nitrogen and oxygen atoms in total. The van der Waals surface area contributed by atoms with Crippen molar-refractivity contribution in [1.29, 1.82) is 0 Å². The molecule has 8 aromatic rings. The minimum atomic E-state index is 0. The van der Waals surface area contributed by atoms with Crippen molar-refractivity contribution in [3.63, 3.8) is 0 Å². The first-order valence-corrected chi connectivity index (χ1v) is 19.5. The quantitative estimate of drug-likeness (QED) is 0.149. The molecule has 0 unspecified atom stereocenters. The maximum Gasteiger partial charge on any atom is 2.00 e. The monoisotopic (exact) mass is 915 g/mol. The summed E-state index contributed by atoms with van der Waals surface area (Å²) in [6.07, 6.45) is 4.64. The van der Waals surface area contributed by atoms with Gasteiger partial charge in [-0.05, 0) is 124 Å². The molecule has 0 saturated carbocycles. The molecule has 0 atom stereocenters. The van der Waals surface area contributed by atoms with Gasteiger partial charge in [0.1, 0.15) is 0 Å². The largest absolute Gasteiger partial charge is 2.00 e. The van der Waals surface area contributed by atoms with Crippen LogP contribution in [-0.2, 0) is 46.7 Å². The molecule has 0 saturated heterocycles. The summed E-state index contributed by atoms with van der Waals surface area (Å²) in [6.45, 7) is 4.35. The van der Waals surface area contributed by atoms with Gasteiger partial charge in [-0.1, -0.05) is 103 Å². The van der Waals surface area contributed by atoms with E-state index in [2.05, 4.69) is 129 Å². The Kier molecular flexibility index (Phi) is 9.81. The topological polar surface area (TPSA) is 35.0 Å². The minimum absolute atomic E-state index is 0. The zero-order valence-electron chi connectivity index (χ0n) is 32.0. The molecule has 0 fully saturated rings. The van der Waals surface area contributed by atoms with Crippen LogP contribution in [0.5, 0.6) is 11.8 Å². The third-order valence-corrected chi connectivity index (χ3v) is 11.6. The summed E-state index contributed by atoms with van der Waals surface area (Å²) in [6, 6.07) is 62.2. The van der Waals surface area contributed by atoms with Crippen LogP contribution in [0.2, 0.25) is 0 Å². The minimum Gasteiger partial charge on any atom is -0.422 e. The van der Waals surface area contributed by atoms with Crippen molar-refractivity contribution < 1.29 is 25.8 Å². The molecule has 4 heteroatoms. The van der Waals surface area contributed by atoms with Gasteiger partial charge in [0.05, 0.1) is 0 Å². The fourth-order valence-electron chi connectivity index (χ4n) is 9.17. The second-order valence-corrected chi connectivity index (χ2v) is 15.6. The van der Waals surface area contributed by atoms with E-state index in [-0.39, 0.29) is 21.1 Å². The van der Waals surface area contributed by atoms with Crippen LogP contribution in [0.25, 0.3) is 55.9 Å². The van der Waals surface area contributed by atoms with Gasteiger partial charge < -0.3 is 4.74 Å². The summed E-state index contributed by atoms with van der Waals surface area (Å²) in [7, 11) is 0. The zero-order chi connectivity index (χ0) is 37.6. The summed E-state index contributed by atoms with van der Waals surface area (Å²) in [5.74, 6) is 0.951. The van der Waals surface area contributed by atoms with Gasteiger partial charge in [0.15, 0.2) is 0 Å². The molecule has 0 radical (unpaired) electrons. The van der Waals surface area contributed by atoms with Crippen LogP contribution in [0, 0.1) is 31.4 Å². The number of nitrogens with zero attached hydrogens (tertiary/aromatic N) is 2. The predicted octanol–water partition coefficient (Wildman–Crippen LogP) is 12.7. The molecule has 0 bridgehead atoms. The summed E-state index contributed by atoms with van der Waals surface area (Å²) in [5, 5.41) is 0. The van der Waals surface area contributed by atoms with Crippen LogP contribution < -0.4 is 4.74 Å². The smallest absolute Gasteiger partial charge is 0.422 e. The fraction of sp³-hybridized carbons (Fsp3) is 0.132. The van der Waals surface area contributed by atoms with Crippen molar-refractivity contribution in [3.8, 4) is 67.7 Å². The first-order valence-electron chi connectivity index (χ1n) is 19.5. The Labute approximate surface area is 349 Å². The Balaban J connectivity index is 0.00000422. The maximum absolute atomic E-state index is 6.52. The van der Waals surface area contributed by atoms with Crippen LogP contribution in [0.4, 0.5) is 0 Å². The molecule has 2 aliphatic rings. The summed E-state index contributed by atoms with van der Waals surface area (Å²) in [4.78, 5) is 9.95. The molecule has 10 rings (SSSR count). The summed E-state index contributed by atoms with van der Waals surface area (Å²) >= 11 is 0. The molecule has 2 aromatic heterocycles. The Hall–Kier alpha value is -5.89. The number of hydrogen-bond acceptors (Lipinski definition) is 3. The van der Waals surface area contributed by atoms with Crippen LogP contribution in [0.3, 0.4) is 0 Å². The number of hydrogen-bond donors (Lipinski definition) is 0. The van der Waals surface area contributed by atoms with Crippen LogP contribution in [-0.4, -0.2) is 9.97 Å². The van der Waals surface area contributed by atoms with Crippen LogP contribution >= 0.6 is 0 Å². The fourth-order valence-corrected chi connectivity index (χ4v) is 9.17. The number of fused-ring (bicyclic) bond motifs is 2. The maximum atomic E-state index is 6.52. The SMILES string of the molecule is Cc1cc(-c2ccccc2)cc(C)c1-c1cc(Oc2cccc(-c3[c-]ccc(-c4ccc5c(c4)CC4(Cc6ccccc6C4)C5)c3)n2)nc(-c2[c-]cccc2)c1.[Pt+2]. The van der Waals surface area contributed by atoms with Crippen LogP contribution in [0.1, 0.15) is 33.4 Å². The number of pyridine rings is 2. The standard InChI is InChI=1S/C53H40N2O.Pt/c1-35-25-45(37-13-5-3-6-14-37)26-36(2)52(35)46-29-49(38-15-7-4-8-16-38)55-51(30-46)56-50-22-12-21-48(54-50)41-20-11-19-39(27-41)40-23-24-44-33-53(34-47(44)28-40)31-42-17-9-10-18-43(42)32-53;/h3-15,17-19,21-30H,31-34H2,1-2H3;/q-2;+2. The van der Waals surface area contributed by atoms with E-state index < -0.39 is 0 Å². The van der Waals surface area contributed by atoms with E-state index in [0.29, 0.717) is 17.2 Å². The molecule has 57 heavy (non-hydrogen) atoms. The van der Waals surface area contributed by atoms with Crippen molar-refractivity contribution in [3.05, 3.63) is 203 Å². The Bertz CT molecular complexity index is 2710. The van der Waals surface area contributed by atoms with E-state index in [4.69, 9.17) is 14.7 Å². The van der Waals surface area contributed by atoms with Gasteiger partial charge in [0.2, 0.25) is 11.8 Å². The molecule has 2 aliphatic carbocycles. The molecule has 0 aliphatic heterocycles. The molecule has 278 valence electrons. The average Bonchev–Trinajstić information content (AvgIpc) is 3.78. The second-order valence-electron chi connectivity index (χ2n) is 15.6. The van der Waals surface area contributed by atoms with E-state index in [1.165, 1.54) is 62.9 Å². The van der Waals surface area contributed by atoms with Crippen molar-refractivity contribution >= 4 is 0 Å². The number of aromatic nitrogens is 2. The van der Waals surface area contributed by atoms with Crippen molar-refractivity contribution in [1.82, 2.24) is 9.97 Å². The van der Waals surface area contributed by atoms with Gasteiger partial charge in [0.25, 0.3) is 0 Å². The molecule has 2 heterocycles. The van der Waals surface area contributed by atoms with Gasteiger partial charge in [-0.15, -0.1) is 71.3 Å². The van der Waals surface area contributed by atoms with Crippen molar-refractivity contribution in [2.45, 2.75) is 39.5 Å². The first kappa shape index (κ1) is 36.7. The van der Waals surface area contributed by atoms with Gasteiger partial charge in [-0.25, -0.2) is 0 Å². The summed E-state index contributed by atoms with van der Waals surface area (Å²) < 4.78 is 6.52. The predicted molar refractivity (Wildman–Crippen MR) is 227 cm³/mol. The van der Waals surface area contributed by atoms with Gasteiger partial charge in [0, 0.05) is 6.07 Å². The number of aryl methyl sites for hydroxylation is 2. The number of ether oxygens (including phenoxy) is 1. The zero-order valence-corrected chi connectivity index (χ0v) is 34.2. The Morgan fingerprint density at radius 3 is 1.88 bits per heavy atom. The molecule has 0 N–H and O–H groups in total. The molecule has 0 amide bonds. The Morgan fingerprint density at radius 2 is 1.12 bits per heavy atom. The average molecular weight is 916 g/mol. The van der Waals surface area contributed by atoms with Crippen LogP contribution in [0.15, 0.2) is 158 Å². The molecular formula is C53H40N2OPt. The molecular weight excluding hydrogens is 876 g/mol. The number of benzene rings is 6. The van der Waals surface area contributed by atoms with Gasteiger partial charge in [-0.2, -0.15) is 0 Å². The van der Waals surface area contributed by atoms with Crippen molar-refractivity contribution in [2.75, 3.05) is 0 Å². The van der Waals surface area contributed by atoms with E-state index in [9.17, 15) is 0 Å². The normalized spacial score (nSPS) is 13.5. The third kappa shape index (κ3) is 7.29. The van der Waals surface area contributed by atoms with E-state index in [0.717, 1.165) is 52.0 Å².